The molecule has 0 aromatic heterocycles. The summed E-state index contributed by atoms with van der Waals surface area (Å²) in [6, 6.07) is 6.45. The molecular formula is C13H18FN3. The molecule has 0 unspecified atom stereocenters. The van der Waals surface area contributed by atoms with Gasteiger partial charge in [0.05, 0.1) is 5.69 Å². The number of halogens is 1. The lowest BCUT2D eigenvalue weighted by atomic mass is 10.1. The highest BCUT2D eigenvalue weighted by Gasteiger charge is 2.09. The lowest BCUT2D eigenvalue weighted by Gasteiger charge is -2.20. The summed E-state index contributed by atoms with van der Waals surface area (Å²) >= 11 is 0. The summed E-state index contributed by atoms with van der Waals surface area (Å²) < 4.78 is 13.3. The van der Waals surface area contributed by atoms with Gasteiger partial charge in [0.1, 0.15) is 17.4 Å². The Balaban J connectivity index is 2.53. The van der Waals surface area contributed by atoms with Gasteiger partial charge in [-0.2, -0.15) is 5.26 Å². The molecule has 1 aromatic rings. The molecule has 0 spiro atoms. The SMILES string of the molecule is CC(C)(C)NCCNc1cccc(F)c1C#N. The number of nitriles is 1. The van der Waals surface area contributed by atoms with E-state index in [0.29, 0.717) is 12.2 Å². The highest BCUT2D eigenvalue weighted by Crippen LogP contribution is 2.17. The maximum absolute atomic E-state index is 13.3. The first-order valence-electron chi connectivity index (χ1n) is 5.61. The third-order valence-corrected chi connectivity index (χ3v) is 2.22. The zero-order valence-corrected chi connectivity index (χ0v) is 10.5. The molecule has 17 heavy (non-hydrogen) atoms. The van der Waals surface area contributed by atoms with E-state index >= 15 is 0 Å². The van der Waals surface area contributed by atoms with E-state index in [1.54, 1.807) is 12.1 Å². The molecule has 0 radical (unpaired) electrons. The lowest BCUT2D eigenvalue weighted by molar-refractivity contribution is 0.435. The van der Waals surface area contributed by atoms with E-state index in [9.17, 15) is 4.39 Å². The Hall–Kier alpha value is -1.60. The van der Waals surface area contributed by atoms with Crippen molar-refractivity contribution in [1.82, 2.24) is 5.32 Å². The average molecular weight is 235 g/mol. The molecule has 92 valence electrons. The van der Waals surface area contributed by atoms with Crippen molar-refractivity contribution in [2.75, 3.05) is 18.4 Å². The van der Waals surface area contributed by atoms with Crippen LogP contribution in [-0.2, 0) is 0 Å². The molecule has 4 heteroatoms. The van der Waals surface area contributed by atoms with Crippen molar-refractivity contribution in [3.63, 3.8) is 0 Å². The van der Waals surface area contributed by atoms with Gasteiger partial charge in [-0.3, -0.25) is 0 Å². The Labute approximate surface area is 102 Å². The van der Waals surface area contributed by atoms with Gasteiger partial charge in [-0.15, -0.1) is 0 Å². The van der Waals surface area contributed by atoms with Crippen LogP contribution in [0.4, 0.5) is 10.1 Å². The molecule has 0 aliphatic carbocycles. The van der Waals surface area contributed by atoms with Gasteiger partial charge in [-0.25, -0.2) is 4.39 Å². The molecule has 0 saturated heterocycles. The molecule has 0 bridgehead atoms. The second-order valence-electron chi connectivity index (χ2n) is 4.88. The van der Waals surface area contributed by atoms with Crippen molar-refractivity contribution in [3.8, 4) is 6.07 Å². The van der Waals surface area contributed by atoms with Crippen LogP contribution >= 0.6 is 0 Å². The number of hydrogen-bond donors (Lipinski definition) is 2. The number of nitrogens with one attached hydrogen (secondary N) is 2. The standard InChI is InChI=1S/C13H18FN3/c1-13(2,3)17-8-7-16-12-6-4-5-11(14)10(12)9-15/h4-6,16-17H,7-8H2,1-3H3. The van der Waals surface area contributed by atoms with Crippen LogP contribution in [0.15, 0.2) is 18.2 Å². The van der Waals surface area contributed by atoms with E-state index in [1.165, 1.54) is 6.07 Å². The number of nitrogens with zero attached hydrogens (tertiary/aromatic N) is 1. The molecule has 3 nitrogen and oxygen atoms in total. The quantitative estimate of drug-likeness (QED) is 0.788. The van der Waals surface area contributed by atoms with Gasteiger partial charge in [0.2, 0.25) is 0 Å². The van der Waals surface area contributed by atoms with Crippen molar-refractivity contribution in [2.24, 2.45) is 0 Å². The van der Waals surface area contributed by atoms with Crippen LogP contribution in [0.5, 0.6) is 0 Å². The van der Waals surface area contributed by atoms with Crippen LogP contribution in [-0.4, -0.2) is 18.6 Å². The van der Waals surface area contributed by atoms with Gasteiger partial charge in [0, 0.05) is 18.6 Å². The smallest absolute Gasteiger partial charge is 0.143 e. The summed E-state index contributed by atoms with van der Waals surface area (Å²) in [5, 5.41) is 15.2. The minimum Gasteiger partial charge on any atom is -0.383 e. The maximum atomic E-state index is 13.3. The van der Waals surface area contributed by atoms with Gasteiger partial charge >= 0.3 is 0 Å². The van der Waals surface area contributed by atoms with Gasteiger partial charge in [0.15, 0.2) is 0 Å². The topological polar surface area (TPSA) is 47.8 Å². The van der Waals surface area contributed by atoms with Crippen LogP contribution in [0.1, 0.15) is 26.3 Å². The Kier molecular flexibility index (Phi) is 4.47. The monoisotopic (exact) mass is 235 g/mol. The minimum atomic E-state index is -0.485. The van der Waals surface area contributed by atoms with E-state index in [2.05, 4.69) is 31.4 Å². The summed E-state index contributed by atoms with van der Waals surface area (Å²) in [6.07, 6.45) is 0. The van der Waals surface area contributed by atoms with Gasteiger partial charge in [-0.1, -0.05) is 6.07 Å². The van der Waals surface area contributed by atoms with Gasteiger partial charge < -0.3 is 10.6 Å². The summed E-state index contributed by atoms with van der Waals surface area (Å²) in [5.74, 6) is -0.485. The molecule has 0 aliphatic rings. The Morgan fingerprint density at radius 2 is 2.00 bits per heavy atom. The molecule has 1 aromatic carbocycles. The first kappa shape index (κ1) is 13.5. The summed E-state index contributed by atoms with van der Waals surface area (Å²) in [4.78, 5) is 0. The normalized spacial score (nSPS) is 11.0. The Morgan fingerprint density at radius 1 is 1.29 bits per heavy atom. The van der Waals surface area contributed by atoms with Crippen molar-refractivity contribution >= 4 is 5.69 Å². The number of hydrogen-bond acceptors (Lipinski definition) is 3. The van der Waals surface area contributed by atoms with Crippen LogP contribution < -0.4 is 10.6 Å². The third-order valence-electron chi connectivity index (χ3n) is 2.22. The van der Waals surface area contributed by atoms with Crippen LogP contribution in [0, 0.1) is 17.1 Å². The fraction of sp³-hybridized carbons (Fsp3) is 0.462. The zero-order valence-electron chi connectivity index (χ0n) is 10.5. The summed E-state index contributed by atoms with van der Waals surface area (Å²) in [7, 11) is 0. The number of anilines is 1. The molecule has 1 rings (SSSR count). The summed E-state index contributed by atoms with van der Waals surface area (Å²) in [6.45, 7) is 7.64. The van der Waals surface area contributed by atoms with Gasteiger partial charge in [0.25, 0.3) is 0 Å². The first-order chi connectivity index (χ1) is 7.94. The molecule has 0 atom stereocenters. The molecule has 0 amide bonds. The minimum absolute atomic E-state index is 0.0572. The van der Waals surface area contributed by atoms with Gasteiger partial charge in [-0.05, 0) is 32.9 Å². The first-order valence-corrected chi connectivity index (χ1v) is 5.61. The molecule has 0 aliphatic heterocycles. The van der Waals surface area contributed by atoms with Crippen molar-refractivity contribution in [3.05, 3.63) is 29.6 Å². The van der Waals surface area contributed by atoms with Crippen molar-refractivity contribution in [1.29, 1.82) is 5.26 Å². The molecule has 0 heterocycles. The molecular weight excluding hydrogens is 217 g/mol. The molecule has 0 saturated carbocycles. The van der Waals surface area contributed by atoms with E-state index in [4.69, 9.17) is 5.26 Å². The fourth-order valence-electron chi connectivity index (χ4n) is 1.42. The van der Waals surface area contributed by atoms with Crippen molar-refractivity contribution < 1.29 is 4.39 Å². The largest absolute Gasteiger partial charge is 0.383 e. The zero-order chi connectivity index (χ0) is 12.9. The Bertz CT molecular complexity index is 416. The van der Waals surface area contributed by atoms with E-state index in [0.717, 1.165) is 6.54 Å². The van der Waals surface area contributed by atoms with Crippen LogP contribution in [0.25, 0.3) is 0 Å². The second-order valence-corrected chi connectivity index (χ2v) is 4.88. The maximum Gasteiger partial charge on any atom is 0.143 e. The molecule has 2 N–H and O–H groups in total. The average Bonchev–Trinajstić information content (AvgIpc) is 2.23. The fourth-order valence-corrected chi connectivity index (χ4v) is 1.42. The highest BCUT2D eigenvalue weighted by atomic mass is 19.1. The highest BCUT2D eigenvalue weighted by molar-refractivity contribution is 5.57. The predicted octanol–water partition coefficient (Wildman–Crippen LogP) is 2.50. The Morgan fingerprint density at radius 3 is 2.59 bits per heavy atom. The summed E-state index contributed by atoms with van der Waals surface area (Å²) in [5.41, 5.74) is 0.674. The second kappa shape index (κ2) is 5.65. The van der Waals surface area contributed by atoms with E-state index in [1.807, 2.05) is 6.07 Å². The van der Waals surface area contributed by atoms with E-state index < -0.39 is 5.82 Å². The number of benzene rings is 1. The number of rotatable bonds is 4. The van der Waals surface area contributed by atoms with Crippen molar-refractivity contribution in [2.45, 2.75) is 26.3 Å². The molecule has 0 fully saturated rings. The van der Waals surface area contributed by atoms with Crippen LogP contribution in [0.3, 0.4) is 0 Å². The van der Waals surface area contributed by atoms with Crippen LogP contribution in [0.2, 0.25) is 0 Å². The third kappa shape index (κ3) is 4.41. The lowest BCUT2D eigenvalue weighted by Crippen LogP contribution is -2.38. The predicted molar refractivity (Wildman–Crippen MR) is 67.4 cm³/mol. The van der Waals surface area contributed by atoms with E-state index in [-0.39, 0.29) is 11.1 Å².